The van der Waals surface area contributed by atoms with Gasteiger partial charge in [-0.05, 0) is 62.1 Å². The molecule has 1 saturated carbocycles. The fourth-order valence-corrected chi connectivity index (χ4v) is 3.82. The topological polar surface area (TPSA) is 29.3 Å². The van der Waals surface area contributed by atoms with E-state index in [-0.39, 0.29) is 0 Å². The molecule has 118 valence electrons. The zero-order valence-corrected chi connectivity index (χ0v) is 14.7. The van der Waals surface area contributed by atoms with Crippen LogP contribution in [-0.2, 0) is 0 Å². The lowest BCUT2D eigenvalue weighted by molar-refractivity contribution is 0.0966. The highest BCUT2D eigenvalue weighted by Crippen LogP contribution is 2.38. The van der Waals surface area contributed by atoms with Crippen LogP contribution in [0, 0.1) is 5.41 Å². The van der Waals surface area contributed by atoms with Crippen molar-refractivity contribution in [3.8, 4) is 0 Å². The number of hydrogen-bond donors (Lipinski definition) is 1. The molecule has 0 spiro atoms. The van der Waals surface area contributed by atoms with Crippen LogP contribution in [0.25, 0.3) is 0 Å². The Bertz CT molecular complexity index is 431. The third-order valence-corrected chi connectivity index (χ3v) is 5.84. The van der Waals surface area contributed by atoms with Gasteiger partial charge in [-0.25, -0.2) is 0 Å². The summed E-state index contributed by atoms with van der Waals surface area (Å²) in [6.45, 7) is 5.48. The van der Waals surface area contributed by atoms with Crippen molar-refractivity contribution < 1.29 is 0 Å². The Hall–Kier alpha value is -0.510. The molecule has 21 heavy (non-hydrogen) atoms. The molecule has 0 saturated heterocycles. The van der Waals surface area contributed by atoms with Crippen LogP contribution in [0.2, 0.25) is 0 Å². The van der Waals surface area contributed by atoms with E-state index in [0.29, 0.717) is 24.0 Å². The molecular formula is C18H30N2S. The third kappa shape index (κ3) is 4.24. The third-order valence-electron chi connectivity index (χ3n) is 5.10. The van der Waals surface area contributed by atoms with Crippen molar-refractivity contribution in [2.45, 2.75) is 56.5 Å². The van der Waals surface area contributed by atoms with Gasteiger partial charge in [-0.2, -0.15) is 0 Å². The minimum absolute atomic E-state index is 0.340. The maximum absolute atomic E-state index is 6.09. The summed E-state index contributed by atoms with van der Waals surface area (Å²) in [5.74, 6) is 0. The van der Waals surface area contributed by atoms with Crippen LogP contribution in [0.1, 0.15) is 51.1 Å². The zero-order valence-electron chi connectivity index (χ0n) is 13.9. The van der Waals surface area contributed by atoms with Gasteiger partial charge in [0, 0.05) is 23.5 Å². The lowest BCUT2D eigenvalue weighted by Crippen LogP contribution is -2.41. The zero-order chi connectivity index (χ0) is 15.5. The Morgan fingerprint density at radius 2 is 1.81 bits per heavy atom. The average Bonchev–Trinajstić information content (AvgIpc) is 2.48. The highest BCUT2D eigenvalue weighted by Gasteiger charge is 2.31. The van der Waals surface area contributed by atoms with Crippen molar-refractivity contribution in [3.63, 3.8) is 0 Å². The quantitative estimate of drug-likeness (QED) is 0.822. The fraction of sp³-hybridized carbons (Fsp3) is 0.667. The van der Waals surface area contributed by atoms with Crippen molar-refractivity contribution in [1.82, 2.24) is 4.90 Å². The fourth-order valence-electron chi connectivity index (χ4n) is 3.41. The Balaban J connectivity index is 2.05. The molecule has 1 aliphatic carbocycles. The Labute approximate surface area is 134 Å². The molecule has 1 aromatic carbocycles. The molecule has 1 atom stereocenters. The number of rotatable bonds is 5. The van der Waals surface area contributed by atoms with E-state index in [2.05, 4.69) is 56.3 Å². The van der Waals surface area contributed by atoms with E-state index >= 15 is 0 Å². The molecule has 1 fully saturated rings. The SMILES string of the molecule is CSc1ccc(C(CN)N(C)C2CCC(C)(C)CC2)cc1. The number of thioether (sulfide) groups is 1. The van der Waals surface area contributed by atoms with Gasteiger partial charge in [0.1, 0.15) is 0 Å². The summed E-state index contributed by atoms with van der Waals surface area (Å²) in [6.07, 6.45) is 7.35. The maximum Gasteiger partial charge on any atom is 0.0470 e. The first-order valence-corrected chi connectivity index (χ1v) is 9.25. The molecule has 0 heterocycles. The van der Waals surface area contributed by atoms with Crippen molar-refractivity contribution >= 4 is 11.8 Å². The van der Waals surface area contributed by atoms with Gasteiger partial charge in [0.15, 0.2) is 0 Å². The molecule has 2 rings (SSSR count). The molecular weight excluding hydrogens is 276 g/mol. The van der Waals surface area contributed by atoms with Crippen molar-refractivity contribution in [2.24, 2.45) is 11.1 Å². The molecule has 2 nitrogen and oxygen atoms in total. The van der Waals surface area contributed by atoms with Gasteiger partial charge in [-0.3, -0.25) is 4.90 Å². The van der Waals surface area contributed by atoms with E-state index in [9.17, 15) is 0 Å². The minimum Gasteiger partial charge on any atom is -0.329 e. The molecule has 1 unspecified atom stereocenters. The number of nitrogens with zero attached hydrogens (tertiary/aromatic N) is 1. The van der Waals surface area contributed by atoms with Crippen molar-refractivity contribution in [1.29, 1.82) is 0 Å². The van der Waals surface area contributed by atoms with E-state index in [0.717, 1.165) is 0 Å². The molecule has 0 aliphatic heterocycles. The van der Waals surface area contributed by atoms with E-state index in [4.69, 9.17) is 5.73 Å². The first-order chi connectivity index (χ1) is 9.96. The largest absolute Gasteiger partial charge is 0.329 e. The number of likely N-dealkylation sites (N-methyl/N-ethyl adjacent to an activating group) is 1. The highest BCUT2D eigenvalue weighted by atomic mass is 32.2. The summed E-state index contributed by atoms with van der Waals surface area (Å²) < 4.78 is 0. The average molecular weight is 307 g/mol. The predicted molar refractivity (Wildman–Crippen MR) is 93.8 cm³/mol. The molecule has 0 radical (unpaired) electrons. The summed E-state index contributed by atoms with van der Waals surface area (Å²) in [7, 11) is 2.25. The highest BCUT2D eigenvalue weighted by molar-refractivity contribution is 7.98. The van der Waals surface area contributed by atoms with Crippen LogP contribution in [-0.4, -0.2) is 30.8 Å². The van der Waals surface area contributed by atoms with Gasteiger partial charge < -0.3 is 5.73 Å². The van der Waals surface area contributed by atoms with Gasteiger partial charge in [0.25, 0.3) is 0 Å². The standard InChI is InChI=1S/C18H30N2S/c1-18(2)11-9-15(10-12-18)20(3)17(13-19)14-5-7-16(21-4)8-6-14/h5-8,15,17H,9-13,19H2,1-4H3. The second-order valence-electron chi connectivity index (χ2n) is 7.09. The smallest absolute Gasteiger partial charge is 0.0470 e. The monoisotopic (exact) mass is 306 g/mol. The van der Waals surface area contributed by atoms with Crippen LogP contribution in [0.15, 0.2) is 29.2 Å². The van der Waals surface area contributed by atoms with Gasteiger partial charge in [0.2, 0.25) is 0 Å². The summed E-state index contributed by atoms with van der Waals surface area (Å²) in [4.78, 5) is 3.83. The number of benzene rings is 1. The van der Waals surface area contributed by atoms with Crippen LogP contribution in [0.3, 0.4) is 0 Å². The Morgan fingerprint density at radius 1 is 1.24 bits per heavy atom. The summed E-state index contributed by atoms with van der Waals surface area (Å²) in [6, 6.07) is 9.92. The van der Waals surface area contributed by atoms with Gasteiger partial charge in [-0.1, -0.05) is 26.0 Å². The molecule has 1 aliphatic rings. The Kier molecular flexibility index (Phi) is 5.75. The van der Waals surface area contributed by atoms with Crippen molar-refractivity contribution in [2.75, 3.05) is 19.8 Å². The van der Waals surface area contributed by atoms with Gasteiger partial charge in [-0.15, -0.1) is 11.8 Å². The minimum atomic E-state index is 0.340. The van der Waals surface area contributed by atoms with E-state index < -0.39 is 0 Å². The molecule has 3 heteroatoms. The van der Waals surface area contributed by atoms with E-state index in [1.165, 1.54) is 36.1 Å². The first kappa shape index (κ1) is 16.9. The molecule has 0 amide bonds. The second kappa shape index (κ2) is 7.17. The van der Waals surface area contributed by atoms with Crippen LogP contribution >= 0.6 is 11.8 Å². The first-order valence-electron chi connectivity index (χ1n) is 8.03. The van der Waals surface area contributed by atoms with Crippen molar-refractivity contribution in [3.05, 3.63) is 29.8 Å². The van der Waals surface area contributed by atoms with Crippen LogP contribution in [0.4, 0.5) is 0 Å². The lowest BCUT2D eigenvalue weighted by Gasteiger charge is -2.41. The second-order valence-corrected chi connectivity index (χ2v) is 7.97. The number of hydrogen-bond acceptors (Lipinski definition) is 3. The van der Waals surface area contributed by atoms with Gasteiger partial charge in [0.05, 0.1) is 0 Å². The molecule has 1 aromatic rings. The Morgan fingerprint density at radius 3 is 2.29 bits per heavy atom. The predicted octanol–water partition coefficient (Wildman–Crippen LogP) is 4.31. The normalized spacial score (nSPS) is 20.7. The van der Waals surface area contributed by atoms with E-state index in [1.54, 1.807) is 11.8 Å². The summed E-state index contributed by atoms with van der Waals surface area (Å²) in [5.41, 5.74) is 7.96. The number of nitrogens with two attached hydrogens (primary N) is 1. The molecule has 0 bridgehead atoms. The maximum atomic E-state index is 6.09. The molecule has 0 aromatic heterocycles. The van der Waals surface area contributed by atoms with E-state index in [1.807, 2.05) is 0 Å². The summed E-state index contributed by atoms with van der Waals surface area (Å²) in [5, 5.41) is 0. The summed E-state index contributed by atoms with van der Waals surface area (Å²) >= 11 is 1.79. The van der Waals surface area contributed by atoms with Gasteiger partial charge >= 0.3 is 0 Å². The van der Waals surface area contributed by atoms with Crippen LogP contribution in [0.5, 0.6) is 0 Å². The molecule has 2 N–H and O–H groups in total. The van der Waals surface area contributed by atoms with Crippen LogP contribution < -0.4 is 5.73 Å². The lowest BCUT2D eigenvalue weighted by atomic mass is 9.75.